The first-order valence-electron chi connectivity index (χ1n) is 5.11. The Morgan fingerprint density at radius 2 is 2.13 bits per heavy atom. The van der Waals surface area contributed by atoms with E-state index >= 15 is 0 Å². The second-order valence-corrected chi connectivity index (χ2v) is 3.97. The van der Waals surface area contributed by atoms with Crippen LogP contribution in [0.5, 0.6) is 0 Å². The van der Waals surface area contributed by atoms with Gasteiger partial charge in [-0.05, 0) is 19.1 Å². The van der Waals surface area contributed by atoms with E-state index in [1.807, 2.05) is 32.2 Å². The van der Waals surface area contributed by atoms with Gasteiger partial charge in [-0.1, -0.05) is 12.1 Å². The lowest BCUT2D eigenvalue weighted by molar-refractivity contribution is 0.612. The smallest absolute Gasteiger partial charge is 0.136 e. The Hall–Kier alpha value is -1.48. The zero-order chi connectivity index (χ0) is 10.8. The summed E-state index contributed by atoms with van der Waals surface area (Å²) in [5, 5.41) is 1.14. The van der Waals surface area contributed by atoms with Crippen molar-refractivity contribution < 1.29 is 4.42 Å². The van der Waals surface area contributed by atoms with Gasteiger partial charge < -0.3 is 15.1 Å². The number of nitrogens with zero attached hydrogens (tertiary/aromatic N) is 1. The van der Waals surface area contributed by atoms with Gasteiger partial charge in [-0.15, -0.1) is 0 Å². The van der Waals surface area contributed by atoms with Gasteiger partial charge in [-0.25, -0.2) is 0 Å². The van der Waals surface area contributed by atoms with Crippen LogP contribution in [0.15, 0.2) is 34.9 Å². The predicted octanol–water partition coefficient (Wildman–Crippen LogP) is 2.22. The van der Waals surface area contributed by atoms with Crippen molar-refractivity contribution in [1.29, 1.82) is 0 Å². The molecule has 0 radical (unpaired) electrons. The molecule has 0 aliphatic heterocycles. The zero-order valence-corrected chi connectivity index (χ0v) is 9.10. The molecule has 0 saturated carbocycles. The Morgan fingerprint density at radius 3 is 2.87 bits per heavy atom. The van der Waals surface area contributed by atoms with Gasteiger partial charge in [0, 0.05) is 25.0 Å². The van der Waals surface area contributed by atoms with Crippen molar-refractivity contribution in [2.75, 3.05) is 18.5 Å². The van der Waals surface area contributed by atoms with Gasteiger partial charge in [0.1, 0.15) is 11.8 Å². The lowest BCUT2D eigenvalue weighted by Gasteiger charge is -2.19. The first-order valence-corrected chi connectivity index (χ1v) is 5.11. The van der Waals surface area contributed by atoms with E-state index in [1.54, 1.807) is 6.26 Å². The Labute approximate surface area is 89.5 Å². The maximum Gasteiger partial charge on any atom is 0.136 e. The molecular formula is C12H16N2O. The summed E-state index contributed by atoms with van der Waals surface area (Å²) in [7, 11) is 2.03. The fourth-order valence-electron chi connectivity index (χ4n) is 1.79. The molecule has 1 atom stereocenters. The van der Waals surface area contributed by atoms with Gasteiger partial charge in [-0.2, -0.15) is 0 Å². The predicted molar refractivity (Wildman–Crippen MR) is 63.1 cm³/mol. The zero-order valence-electron chi connectivity index (χ0n) is 9.10. The molecule has 0 aliphatic carbocycles. The van der Waals surface area contributed by atoms with Crippen LogP contribution in [0.4, 0.5) is 5.69 Å². The van der Waals surface area contributed by atoms with Crippen molar-refractivity contribution in [2.45, 2.75) is 13.0 Å². The molecule has 0 bridgehead atoms. The third kappa shape index (κ3) is 1.97. The first-order chi connectivity index (χ1) is 7.18. The van der Waals surface area contributed by atoms with Crippen LogP contribution in [0.1, 0.15) is 6.92 Å². The van der Waals surface area contributed by atoms with E-state index in [0.717, 1.165) is 23.2 Å². The highest BCUT2D eigenvalue weighted by Crippen LogP contribution is 2.27. The van der Waals surface area contributed by atoms with E-state index < -0.39 is 0 Å². The lowest BCUT2D eigenvalue weighted by Crippen LogP contribution is -2.32. The molecule has 2 aromatic rings. The van der Waals surface area contributed by atoms with Crippen molar-refractivity contribution in [3.05, 3.63) is 30.5 Å². The van der Waals surface area contributed by atoms with Crippen LogP contribution in [-0.4, -0.2) is 19.6 Å². The number of benzene rings is 1. The molecule has 3 nitrogen and oxygen atoms in total. The van der Waals surface area contributed by atoms with Crippen molar-refractivity contribution in [3.63, 3.8) is 0 Å². The molecule has 1 unspecified atom stereocenters. The number of furan rings is 1. The largest absolute Gasteiger partial charge is 0.462 e. The van der Waals surface area contributed by atoms with Crippen molar-refractivity contribution >= 4 is 16.7 Å². The highest BCUT2D eigenvalue weighted by molar-refractivity contribution is 5.90. The van der Waals surface area contributed by atoms with Crippen LogP contribution in [-0.2, 0) is 0 Å². The van der Waals surface area contributed by atoms with E-state index in [1.165, 1.54) is 0 Å². The monoisotopic (exact) mass is 204 g/mol. The number of hydrogen-bond donors (Lipinski definition) is 1. The number of nitrogens with two attached hydrogens (primary N) is 1. The summed E-state index contributed by atoms with van der Waals surface area (Å²) < 4.78 is 5.47. The highest BCUT2D eigenvalue weighted by Gasteiger charge is 2.10. The molecule has 2 rings (SSSR count). The van der Waals surface area contributed by atoms with Gasteiger partial charge in [0.2, 0.25) is 0 Å². The van der Waals surface area contributed by atoms with E-state index in [2.05, 4.69) is 11.0 Å². The molecule has 0 spiro atoms. The topological polar surface area (TPSA) is 42.4 Å². The van der Waals surface area contributed by atoms with Gasteiger partial charge >= 0.3 is 0 Å². The number of hydrogen-bond acceptors (Lipinski definition) is 3. The normalized spacial score (nSPS) is 13.0. The molecule has 80 valence electrons. The van der Waals surface area contributed by atoms with E-state index in [0.29, 0.717) is 0 Å². The Balaban J connectivity index is 2.35. The SMILES string of the molecule is CC(N)CN(C)c1coc2ccccc12. The molecule has 3 heteroatoms. The Kier molecular flexibility index (Phi) is 2.64. The quantitative estimate of drug-likeness (QED) is 0.833. The minimum atomic E-state index is 0.156. The number of anilines is 1. The summed E-state index contributed by atoms with van der Waals surface area (Å²) >= 11 is 0. The Bertz CT molecular complexity index is 448. The average molecular weight is 204 g/mol. The van der Waals surface area contributed by atoms with Crippen LogP contribution >= 0.6 is 0 Å². The third-order valence-corrected chi connectivity index (χ3v) is 2.43. The second-order valence-electron chi connectivity index (χ2n) is 3.97. The molecule has 0 saturated heterocycles. The van der Waals surface area contributed by atoms with Crippen LogP contribution < -0.4 is 10.6 Å². The highest BCUT2D eigenvalue weighted by atomic mass is 16.3. The number of likely N-dealkylation sites (N-methyl/N-ethyl adjacent to an activating group) is 1. The number of rotatable bonds is 3. The minimum Gasteiger partial charge on any atom is -0.462 e. The third-order valence-electron chi connectivity index (χ3n) is 2.43. The molecule has 1 heterocycles. The van der Waals surface area contributed by atoms with Gasteiger partial charge in [0.05, 0.1) is 5.69 Å². The fraction of sp³-hybridized carbons (Fsp3) is 0.333. The van der Waals surface area contributed by atoms with Crippen molar-refractivity contribution in [3.8, 4) is 0 Å². The number of para-hydroxylation sites is 1. The summed E-state index contributed by atoms with van der Waals surface area (Å²) in [6.07, 6.45) is 1.78. The van der Waals surface area contributed by atoms with Crippen molar-refractivity contribution in [2.24, 2.45) is 5.73 Å². The van der Waals surface area contributed by atoms with Crippen LogP contribution in [0.25, 0.3) is 11.0 Å². The summed E-state index contributed by atoms with van der Waals surface area (Å²) in [5.74, 6) is 0. The van der Waals surface area contributed by atoms with E-state index in [9.17, 15) is 0 Å². The average Bonchev–Trinajstić information content (AvgIpc) is 2.59. The van der Waals surface area contributed by atoms with Crippen LogP contribution in [0, 0.1) is 0 Å². The standard InChI is InChI=1S/C12H16N2O/c1-9(13)7-14(2)11-8-15-12-6-4-3-5-10(11)12/h3-6,8-9H,7,13H2,1-2H3. The molecule has 1 aromatic heterocycles. The molecule has 0 amide bonds. The molecule has 0 aliphatic rings. The van der Waals surface area contributed by atoms with E-state index in [-0.39, 0.29) is 6.04 Å². The summed E-state index contributed by atoms with van der Waals surface area (Å²) in [6.45, 7) is 2.82. The minimum absolute atomic E-state index is 0.156. The van der Waals surface area contributed by atoms with Gasteiger partial charge in [-0.3, -0.25) is 0 Å². The Morgan fingerprint density at radius 1 is 1.40 bits per heavy atom. The molecule has 2 N–H and O–H groups in total. The summed E-state index contributed by atoms with van der Waals surface area (Å²) in [4.78, 5) is 2.12. The van der Waals surface area contributed by atoms with Crippen molar-refractivity contribution in [1.82, 2.24) is 0 Å². The van der Waals surface area contributed by atoms with E-state index in [4.69, 9.17) is 10.2 Å². The maximum absolute atomic E-state index is 5.77. The van der Waals surface area contributed by atoms with Gasteiger partial charge in [0.15, 0.2) is 0 Å². The summed E-state index contributed by atoms with van der Waals surface area (Å²) in [5.41, 5.74) is 7.79. The lowest BCUT2D eigenvalue weighted by atomic mass is 10.2. The molecule has 15 heavy (non-hydrogen) atoms. The maximum atomic E-state index is 5.77. The second kappa shape index (κ2) is 3.95. The summed E-state index contributed by atoms with van der Waals surface area (Å²) in [6, 6.07) is 8.18. The molecular weight excluding hydrogens is 188 g/mol. The van der Waals surface area contributed by atoms with Crippen LogP contribution in [0.3, 0.4) is 0 Å². The first kappa shape index (κ1) is 10.1. The number of fused-ring (bicyclic) bond motifs is 1. The van der Waals surface area contributed by atoms with Gasteiger partial charge in [0.25, 0.3) is 0 Å². The van der Waals surface area contributed by atoms with Crippen LogP contribution in [0.2, 0.25) is 0 Å². The molecule has 1 aromatic carbocycles. The molecule has 0 fully saturated rings. The fourth-order valence-corrected chi connectivity index (χ4v) is 1.79.